The van der Waals surface area contributed by atoms with Gasteiger partial charge in [0, 0.05) is 6.42 Å². The van der Waals surface area contributed by atoms with Crippen LogP contribution in [0.2, 0.25) is 0 Å². The Morgan fingerprint density at radius 2 is 1.25 bits per heavy atom. The first-order valence-corrected chi connectivity index (χ1v) is 7.27. The smallest absolute Gasteiger partial charge is 0.303 e. The van der Waals surface area contributed by atoms with Crippen LogP contribution in [0.25, 0.3) is 0 Å². The maximum absolute atomic E-state index is 11.4. The van der Waals surface area contributed by atoms with Gasteiger partial charge < -0.3 is 10.2 Å². The Hall–Kier alpha value is -1.06. The highest BCUT2D eigenvalue weighted by molar-refractivity contribution is 5.68. The fourth-order valence-corrected chi connectivity index (χ4v) is 3.45. The molecule has 0 aliphatic carbocycles. The van der Waals surface area contributed by atoms with Crippen LogP contribution in [-0.2, 0) is 9.59 Å². The number of carbonyl (C=O) groups is 2. The van der Waals surface area contributed by atoms with E-state index in [2.05, 4.69) is 41.5 Å². The number of aliphatic carboxylic acids is 2. The molecule has 0 saturated carbocycles. The van der Waals surface area contributed by atoms with Crippen molar-refractivity contribution in [2.45, 2.75) is 73.6 Å². The molecule has 0 fully saturated rings. The average molecular weight is 286 g/mol. The van der Waals surface area contributed by atoms with Crippen LogP contribution in [0.15, 0.2) is 0 Å². The van der Waals surface area contributed by atoms with Gasteiger partial charge in [-0.3, -0.25) is 9.59 Å². The van der Waals surface area contributed by atoms with Crippen LogP contribution in [0.1, 0.15) is 73.6 Å². The zero-order valence-corrected chi connectivity index (χ0v) is 13.7. The second-order valence-corrected chi connectivity index (χ2v) is 7.75. The predicted octanol–water partition coefficient (Wildman–Crippen LogP) is 4.18. The van der Waals surface area contributed by atoms with E-state index in [1.165, 1.54) is 0 Å². The van der Waals surface area contributed by atoms with E-state index < -0.39 is 11.9 Å². The molecular formula is C16H30O4. The first-order chi connectivity index (χ1) is 8.83. The summed E-state index contributed by atoms with van der Waals surface area (Å²) in [6, 6.07) is 0. The Kier molecular flexibility index (Phi) is 6.25. The lowest BCUT2D eigenvalue weighted by molar-refractivity contribution is -0.148. The van der Waals surface area contributed by atoms with Crippen LogP contribution in [0.3, 0.4) is 0 Å². The lowest BCUT2D eigenvalue weighted by Gasteiger charge is -2.53. The Bertz CT molecular complexity index is 330. The minimum atomic E-state index is -0.791. The molecule has 0 amide bonds. The van der Waals surface area contributed by atoms with E-state index in [0.29, 0.717) is 6.42 Å². The summed E-state index contributed by atoms with van der Waals surface area (Å²) in [4.78, 5) is 22.0. The van der Waals surface area contributed by atoms with Gasteiger partial charge >= 0.3 is 11.9 Å². The van der Waals surface area contributed by atoms with E-state index in [0.717, 1.165) is 12.8 Å². The average Bonchev–Trinajstić information content (AvgIpc) is 2.18. The van der Waals surface area contributed by atoms with Crippen molar-refractivity contribution in [1.82, 2.24) is 0 Å². The van der Waals surface area contributed by atoms with Gasteiger partial charge in [0.25, 0.3) is 0 Å². The highest BCUT2D eigenvalue weighted by Gasteiger charge is 2.50. The SMILES string of the molecule is CC(C)(C)C(CCCCC(=O)O)(CC(=O)O)C(C)(C)C. The Labute approximate surface area is 122 Å². The van der Waals surface area contributed by atoms with Crippen molar-refractivity contribution in [3.63, 3.8) is 0 Å². The van der Waals surface area contributed by atoms with Gasteiger partial charge in [0.1, 0.15) is 0 Å². The van der Waals surface area contributed by atoms with E-state index in [9.17, 15) is 14.7 Å². The molecule has 4 nitrogen and oxygen atoms in total. The zero-order chi connectivity index (χ0) is 16.2. The zero-order valence-electron chi connectivity index (χ0n) is 13.7. The second-order valence-electron chi connectivity index (χ2n) is 7.75. The number of rotatable bonds is 7. The highest BCUT2D eigenvalue weighted by Crippen LogP contribution is 2.57. The van der Waals surface area contributed by atoms with Crippen molar-refractivity contribution in [2.75, 3.05) is 0 Å². The van der Waals surface area contributed by atoms with Crippen molar-refractivity contribution in [3.8, 4) is 0 Å². The molecule has 0 aliphatic heterocycles. The molecule has 0 aromatic carbocycles. The summed E-state index contributed by atoms with van der Waals surface area (Å²) >= 11 is 0. The number of carboxylic acid groups (broad SMARTS) is 2. The minimum absolute atomic E-state index is 0.118. The van der Waals surface area contributed by atoms with E-state index in [1.54, 1.807) is 0 Å². The number of carboxylic acids is 2. The van der Waals surface area contributed by atoms with Crippen molar-refractivity contribution in [3.05, 3.63) is 0 Å². The summed E-state index contributed by atoms with van der Waals surface area (Å²) < 4.78 is 0. The van der Waals surface area contributed by atoms with Gasteiger partial charge in [0.05, 0.1) is 6.42 Å². The Balaban J connectivity index is 5.21. The third-order valence-corrected chi connectivity index (χ3v) is 4.57. The molecule has 0 spiro atoms. The quantitative estimate of drug-likeness (QED) is 0.688. The summed E-state index contributed by atoms with van der Waals surface area (Å²) in [5.41, 5.74) is -0.677. The standard InChI is InChI=1S/C16H30O4/c1-14(2,3)16(11-13(19)20,15(4,5)6)10-8-7-9-12(17)18/h7-11H2,1-6H3,(H,17,18)(H,19,20). The van der Waals surface area contributed by atoms with Gasteiger partial charge in [-0.15, -0.1) is 0 Å². The van der Waals surface area contributed by atoms with Gasteiger partial charge in [-0.2, -0.15) is 0 Å². The molecule has 0 atom stereocenters. The number of hydrogen-bond acceptors (Lipinski definition) is 2. The van der Waals surface area contributed by atoms with Crippen LogP contribution < -0.4 is 0 Å². The largest absolute Gasteiger partial charge is 0.481 e. The lowest BCUT2D eigenvalue weighted by Crippen LogP contribution is -2.47. The second kappa shape index (κ2) is 6.59. The molecule has 0 rings (SSSR count). The van der Waals surface area contributed by atoms with Crippen LogP contribution in [0, 0.1) is 16.2 Å². The topological polar surface area (TPSA) is 74.6 Å². The van der Waals surface area contributed by atoms with E-state index in [-0.39, 0.29) is 29.1 Å². The third-order valence-electron chi connectivity index (χ3n) is 4.57. The molecule has 118 valence electrons. The van der Waals surface area contributed by atoms with Gasteiger partial charge in [0.2, 0.25) is 0 Å². The molecule has 0 heterocycles. The van der Waals surface area contributed by atoms with Crippen molar-refractivity contribution in [1.29, 1.82) is 0 Å². The van der Waals surface area contributed by atoms with E-state index in [1.807, 2.05) is 0 Å². The maximum atomic E-state index is 11.4. The summed E-state index contributed by atoms with van der Waals surface area (Å²) in [7, 11) is 0. The molecule has 0 saturated heterocycles. The number of unbranched alkanes of at least 4 members (excludes halogenated alkanes) is 1. The molecule has 2 N–H and O–H groups in total. The lowest BCUT2D eigenvalue weighted by atomic mass is 9.51. The molecule has 0 bridgehead atoms. The van der Waals surface area contributed by atoms with Gasteiger partial charge in [-0.25, -0.2) is 0 Å². The molecular weight excluding hydrogens is 256 g/mol. The summed E-state index contributed by atoms with van der Waals surface area (Å²) in [5.74, 6) is -1.58. The molecule has 0 unspecified atom stereocenters. The highest BCUT2D eigenvalue weighted by atomic mass is 16.4. The van der Waals surface area contributed by atoms with Crippen molar-refractivity contribution >= 4 is 11.9 Å². The van der Waals surface area contributed by atoms with Gasteiger partial charge in [0.15, 0.2) is 0 Å². The predicted molar refractivity (Wildman–Crippen MR) is 79.7 cm³/mol. The van der Waals surface area contributed by atoms with Crippen LogP contribution >= 0.6 is 0 Å². The summed E-state index contributed by atoms with van der Waals surface area (Å²) in [5, 5.41) is 18.0. The fourth-order valence-electron chi connectivity index (χ4n) is 3.45. The van der Waals surface area contributed by atoms with E-state index in [4.69, 9.17) is 5.11 Å². The maximum Gasteiger partial charge on any atom is 0.303 e. The third kappa shape index (κ3) is 4.80. The first-order valence-electron chi connectivity index (χ1n) is 7.27. The summed E-state index contributed by atoms with van der Waals surface area (Å²) in [6.07, 6.45) is 2.35. The molecule has 0 radical (unpaired) electrons. The van der Waals surface area contributed by atoms with E-state index >= 15 is 0 Å². The fraction of sp³-hybridized carbons (Fsp3) is 0.875. The molecule has 0 aliphatic rings. The van der Waals surface area contributed by atoms with Crippen molar-refractivity contribution < 1.29 is 19.8 Å². The van der Waals surface area contributed by atoms with Gasteiger partial charge in [-0.1, -0.05) is 48.0 Å². The number of hydrogen-bond donors (Lipinski definition) is 2. The first kappa shape index (κ1) is 18.9. The molecule has 0 aromatic rings. The van der Waals surface area contributed by atoms with Gasteiger partial charge in [-0.05, 0) is 29.1 Å². The molecule has 4 heteroatoms. The Morgan fingerprint density at radius 1 is 0.800 bits per heavy atom. The van der Waals surface area contributed by atoms with Crippen LogP contribution in [0.5, 0.6) is 0 Å². The monoisotopic (exact) mass is 286 g/mol. The van der Waals surface area contributed by atoms with Crippen LogP contribution in [0.4, 0.5) is 0 Å². The minimum Gasteiger partial charge on any atom is -0.481 e. The van der Waals surface area contributed by atoms with Crippen LogP contribution in [-0.4, -0.2) is 22.2 Å². The summed E-state index contributed by atoms with van der Waals surface area (Å²) in [6.45, 7) is 12.5. The normalized spacial score (nSPS) is 13.3. The molecule has 0 aromatic heterocycles. The Morgan fingerprint density at radius 3 is 1.55 bits per heavy atom. The van der Waals surface area contributed by atoms with Crippen molar-refractivity contribution in [2.24, 2.45) is 16.2 Å². The molecule has 20 heavy (non-hydrogen) atoms.